The molecule has 1 aromatic heterocycles. The fraction of sp³-hybridized carbons (Fsp3) is 0.304. The van der Waals surface area contributed by atoms with Crippen LogP contribution in [0.2, 0.25) is 5.02 Å². The Morgan fingerprint density at radius 3 is 2.79 bits per heavy atom. The van der Waals surface area contributed by atoms with Crippen molar-refractivity contribution in [2.75, 3.05) is 13.2 Å². The van der Waals surface area contributed by atoms with Gasteiger partial charge in [-0.05, 0) is 54.8 Å². The minimum absolute atomic E-state index is 0.0792. The van der Waals surface area contributed by atoms with E-state index in [0.29, 0.717) is 12.4 Å². The van der Waals surface area contributed by atoms with Gasteiger partial charge in [-0.15, -0.1) is 0 Å². The minimum atomic E-state index is 0.0792. The summed E-state index contributed by atoms with van der Waals surface area (Å²) in [7, 11) is 0. The lowest BCUT2D eigenvalue weighted by Gasteiger charge is -2.31. The normalized spacial score (nSPS) is 17.1. The highest BCUT2D eigenvalue weighted by atomic mass is 35.5. The molecule has 1 unspecified atom stereocenters. The summed E-state index contributed by atoms with van der Waals surface area (Å²) in [6, 6.07) is 18.1. The van der Waals surface area contributed by atoms with Crippen molar-refractivity contribution in [2.24, 2.45) is 0 Å². The van der Waals surface area contributed by atoms with Crippen molar-refractivity contribution in [1.29, 1.82) is 0 Å². The lowest BCUT2D eigenvalue weighted by molar-refractivity contribution is 0.220. The van der Waals surface area contributed by atoms with E-state index in [1.165, 1.54) is 5.69 Å². The highest BCUT2D eigenvalue weighted by Gasteiger charge is 2.28. The fourth-order valence-electron chi connectivity index (χ4n) is 4.03. The molecule has 0 saturated carbocycles. The smallest absolute Gasteiger partial charge is 0.161 e. The van der Waals surface area contributed by atoms with Crippen molar-refractivity contribution in [3.63, 3.8) is 0 Å². The van der Waals surface area contributed by atoms with Gasteiger partial charge in [-0.2, -0.15) is 0 Å². The van der Waals surface area contributed by atoms with Gasteiger partial charge in [0.1, 0.15) is 0 Å². The van der Waals surface area contributed by atoms with E-state index in [4.69, 9.17) is 16.3 Å². The van der Waals surface area contributed by atoms with Crippen LogP contribution in [0.3, 0.4) is 0 Å². The van der Waals surface area contributed by atoms with E-state index in [2.05, 4.69) is 33.9 Å². The molecule has 0 bridgehead atoms. The number of rotatable bonds is 5. The number of fused-ring (bicyclic) bond motifs is 1. The molecule has 28 heavy (non-hydrogen) atoms. The first-order valence-electron chi connectivity index (χ1n) is 9.75. The average Bonchev–Trinajstić information content (AvgIpc) is 3.08. The third kappa shape index (κ3) is 3.75. The van der Waals surface area contributed by atoms with E-state index in [-0.39, 0.29) is 11.8 Å². The van der Waals surface area contributed by atoms with E-state index < -0.39 is 0 Å². The number of hydrogen-bond donors (Lipinski definition) is 1. The number of nitrogens with zero attached hydrogens (tertiary/aromatic N) is 2. The van der Waals surface area contributed by atoms with Gasteiger partial charge in [0.25, 0.3) is 0 Å². The second kappa shape index (κ2) is 8.29. The molecule has 0 amide bonds. The van der Waals surface area contributed by atoms with Crippen molar-refractivity contribution in [3.05, 3.63) is 82.6 Å². The Labute approximate surface area is 170 Å². The first kappa shape index (κ1) is 18.9. The van der Waals surface area contributed by atoms with Gasteiger partial charge in [-0.25, -0.2) is 0 Å². The van der Waals surface area contributed by atoms with Gasteiger partial charge in [0.15, 0.2) is 11.5 Å². The van der Waals surface area contributed by atoms with Gasteiger partial charge < -0.3 is 14.4 Å². The quantitative estimate of drug-likeness (QED) is 0.640. The number of aromatic hydroxyl groups is 1. The molecule has 1 aliphatic heterocycles. The van der Waals surface area contributed by atoms with Crippen LogP contribution < -0.4 is 4.74 Å². The Kier molecular flexibility index (Phi) is 5.60. The van der Waals surface area contributed by atoms with E-state index in [0.717, 1.165) is 42.2 Å². The molecule has 146 valence electrons. The van der Waals surface area contributed by atoms with Gasteiger partial charge in [0, 0.05) is 36.5 Å². The van der Waals surface area contributed by atoms with Crippen LogP contribution in [0, 0.1) is 0 Å². The standard InChI is InChI=1S/C23H25ClN2O2/c1-2-28-22-15-17(10-11-21(22)27)16-26-14-6-13-25-12-5-9-20(25)23(26)18-7-3-4-8-19(18)24/h3-5,7-12,15,23,27H,2,6,13-14,16H2,1H3. The molecule has 1 atom stereocenters. The van der Waals surface area contributed by atoms with Crippen LogP contribution >= 0.6 is 11.6 Å². The first-order valence-corrected chi connectivity index (χ1v) is 10.1. The van der Waals surface area contributed by atoms with Crippen LogP contribution in [0.25, 0.3) is 0 Å². The molecule has 0 aliphatic carbocycles. The van der Waals surface area contributed by atoms with Crippen LogP contribution in [-0.2, 0) is 13.1 Å². The summed E-state index contributed by atoms with van der Waals surface area (Å²) in [4.78, 5) is 2.46. The third-order valence-corrected chi connectivity index (χ3v) is 5.61. The second-order valence-electron chi connectivity index (χ2n) is 7.11. The summed E-state index contributed by atoms with van der Waals surface area (Å²) < 4.78 is 7.90. The molecule has 0 saturated heterocycles. The Morgan fingerprint density at radius 2 is 1.96 bits per heavy atom. The maximum atomic E-state index is 10.0. The van der Waals surface area contributed by atoms with Gasteiger partial charge in [-0.3, -0.25) is 4.90 Å². The molecule has 0 fully saturated rings. The average molecular weight is 397 g/mol. The lowest BCUT2D eigenvalue weighted by atomic mass is 10.0. The number of ether oxygens (including phenoxy) is 1. The van der Waals surface area contributed by atoms with Crippen LogP contribution in [0.4, 0.5) is 0 Å². The van der Waals surface area contributed by atoms with E-state index in [9.17, 15) is 5.11 Å². The van der Waals surface area contributed by atoms with Crippen molar-refractivity contribution in [3.8, 4) is 11.5 Å². The number of aryl methyl sites for hydroxylation is 1. The summed E-state index contributed by atoms with van der Waals surface area (Å²) in [5.41, 5.74) is 3.49. The van der Waals surface area contributed by atoms with Crippen LogP contribution in [0.1, 0.15) is 36.2 Å². The number of phenols is 1. The number of hydrogen-bond acceptors (Lipinski definition) is 3. The molecule has 1 aliphatic rings. The number of phenolic OH excluding ortho intramolecular Hbond substituents is 1. The largest absolute Gasteiger partial charge is 0.504 e. The number of benzene rings is 2. The molecule has 4 rings (SSSR count). The SMILES string of the molecule is CCOc1cc(CN2CCCn3cccc3C2c2ccccc2Cl)ccc1O. The number of aromatic nitrogens is 1. The third-order valence-electron chi connectivity index (χ3n) is 5.26. The molecule has 0 spiro atoms. The Morgan fingerprint density at radius 1 is 1.11 bits per heavy atom. The van der Waals surface area contributed by atoms with Gasteiger partial charge >= 0.3 is 0 Å². The predicted octanol–water partition coefficient (Wildman–Crippen LogP) is 5.24. The van der Waals surface area contributed by atoms with Crippen LogP contribution in [0.5, 0.6) is 11.5 Å². The zero-order valence-corrected chi connectivity index (χ0v) is 16.8. The highest BCUT2D eigenvalue weighted by Crippen LogP contribution is 2.37. The summed E-state index contributed by atoms with van der Waals surface area (Å²) >= 11 is 6.61. The molecular formula is C23H25ClN2O2. The van der Waals surface area contributed by atoms with Gasteiger partial charge in [0.05, 0.1) is 12.6 Å². The van der Waals surface area contributed by atoms with Gasteiger partial charge in [-0.1, -0.05) is 35.9 Å². The first-order chi connectivity index (χ1) is 13.7. The second-order valence-corrected chi connectivity index (χ2v) is 7.52. The Bertz CT molecular complexity index is 953. The molecule has 3 aromatic rings. The van der Waals surface area contributed by atoms with Gasteiger partial charge in [0.2, 0.25) is 0 Å². The Balaban J connectivity index is 1.72. The zero-order valence-electron chi connectivity index (χ0n) is 16.0. The molecule has 2 aromatic carbocycles. The van der Waals surface area contributed by atoms with Crippen LogP contribution in [0.15, 0.2) is 60.8 Å². The molecular weight excluding hydrogens is 372 g/mol. The molecule has 4 nitrogen and oxygen atoms in total. The lowest BCUT2D eigenvalue weighted by Crippen LogP contribution is -2.29. The Hall–Kier alpha value is -2.43. The molecule has 2 heterocycles. The molecule has 1 N–H and O–H groups in total. The number of halogens is 1. The minimum Gasteiger partial charge on any atom is -0.504 e. The maximum absolute atomic E-state index is 10.0. The van der Waals surface area contributed by atoms with Crippen molar-refractivity contribution in [1.82, 2.24) is 9.47 Å². The molecule has 0 radical (unpaired) electrons. The summed E-state index contributed by atoms with van der Waals surface area (Å²) in [5.74, 6) is 0.713. The summed E-state index contributed by atoms with van der Waals surface area (Å²) in [5, 5.41) is 10.8. The topological polar surface area (TPSA) is 37.6 Å². The monoisotopic (exact) mass is 396 g/mol. The van der Waals surface area contributed by atoms with E-state index >= 15 is 0 Å². The maximum Gasteiger partial charge on any atom is 0.161 e. The highest BCUT2D eigenvalue weighted by molar-refractivity contribution is 6.31. The summed E-state index contributed by atoms with van der Waals surface area (Å²) in [6.07, 6.45) is 3.22. The van der Waals surface area contributed by atoms with Crippen molar-refractivity contribution >= 4 is 11.6 Å². The van der Waals surface area contributed by atoms with E-state index in [1.54, 1.807) is 6.07 Å². The fourth-order valence-corrected chi connectivity index (χ4v) is 4.26. The predicted molar refractivity (Wildman–Crippen MR) is 112 cm³/mol. The van der Waals surface area contributed by atoms with Crippen molar-refractivity contribution < 1.29 is 9.84 Å². The van der Waals surface area contributed by atoms with Crippen molar-refractivity contribution in [2.45, 2.75) is 32.5 Å². The molecule has 5 heteroatoms. The zero-order chi connectivity index (χ0) is 19.5. The van der Waals surface area contributed by atoms with Crippen LogP contribution in [-0.4, -0.2) is 27.7 Å². The van der Waals surface area contributed by atoms with E-state index in [1.807, 2.05) is 37.3 Å². The summed E-state index contributed by atoms with van der Waals surface area (Å²) in [6.45, 7) is 5.16.